The van der Waals surface area contributed by atoms with E-state index in [9.17, 15) is 14.4 Å². The quantitative estimate of drug-likeness (QED) is 0.552. The Morgan fingerprint density at radius 3 is 2.27 bits per heavy atom. The maximum atomic E-state index is 12.8. The zero-order valence-corrected chi connectivity index (χ0v) is 19.7. The van der Waals surface area contributed by atoms with Crippen LogP contribution in [0.25, 0.3) is 0 Å². The Morgan fingerprint density at radius 1 is 1.13 bits per heavy atom. The summed E-state index contributed by atoms with van der Waals surface area (Å²) in [5, 5.41) is 5.78. The van der Waals surface area contributed by atoms with Gasteiger partial charge in [0.25, 0.3) is 0 Å². The lowest BCUT2D eigenvalue weighted by atomic mass is 9.85. The lowest BCUT2D eigenvalue weighted by Crippen LogP contribution is -2.60. The minimum atomic E-state index is -0.650. The molecular formula is C23H40N2O5. The van der Waals surface area contributed by atoms with Crippen LogP contribution in [0.2, 0.25) is 0 Å². The van der Waals surface area contributed by atoms with Crippen LogP contribution in [0.4, 0.5) is 4.79 Å². The highest BCUT2D eigenvalue weighted by atomic mass is 16.6. The number of Topliss-reactive ketones (excluding diaryl/α,β-unsaturated/α-hetero) is 1. The van der Waals surface area contributed by atoms with E-state index in [2.05, 4.69) is 10.6 Å². The van der Waals surface area contributed by atoms with Crippen LogP contribution in [0, 0.1) is 0 Å². The van der Waals surface area contributed by atoms with Crippen LogP contribution in [0.5, 0.6) is 0 Å². The van der Waals surface area contributed by atoms with E-state index in [4.69, 9.17) is 9.47 Å². The van der Waals surface area contributed by atoms with Gasteiger partial charge in [-0.05, 0) is 58.1 Å². The average Bonchev–Trinajstić information content (AvgIpc) is 2.64. The molecule has 0 bridgehead atoms. The van der Waals surface area contributed by atoms with Gasteiger partial charge >= 0.3 is 6.09 Å². The van der Waals surface area contributed by atoms with Crippen LogP contribution >= 0.6 is 0 Å². The van der Waals surface area contributed by atoms with E-state index < -0.39 is 29.9 Å². The largest absolute Gasteiger partial charge is 0.444 e. The maximum Gasteiger partial charge on any atom is 0.407 e. The summed E-state index contributed by atoms with van der Waals surface area (Å²) < 4.78 is 11.7. The summed E-state index contributed by atoms with van der Waals surface area (Å²) in [7, 11) is 0. The van der Waals surface area contributed by atoms with Crippen molar-refractivity contribution in [1.82, 2.24) is 10.6 Å². The first kappa shape index (κ1) is 26.1. The summed E-state index contributed by atoms with van der Waals surface area (Å²) in [5.41, 5.74) is -0.00872. The van der Waals surface area contributed by atoms with E-state index in [1.807, 2.05) is 26.8 Å². The molecule has 3 atom stereocenters. The number of ether oxygens (including phenoxy) is 2. The summed E-state index contributed by atoms with van der Waals surface area (Å²) in [6.07, 6.45) is 4.92. The Labute approximate surface area is 181 Å². The third-order valence-electron chi connectivity index (χ3n) is 5.04. The van der Waals surface area contributed by atoms with Gasteiger partial charge in [0.2, 0.25) is 5.91 Å². The number of amides is 2. The minimum Gasteiger partial charge on any atom is -0.444 e. The zero-order chi connectivity index (χ0) is 22.9. The molecular weight excluding hydrogens is 384 g/mol. The third-order valence-corrected chi connectivity index (χ3v) is 5.04. The van der Waals surface area contributed by atoms with E-state index in [0.29, 0.717) is 18.4 Å². The predicted molar refractivity (Wildman–Crippen MR) is 117 cm³/mol. The third kappa shape index (κ3) is 8.86. The molecule has 2 N–H and O–H groups in total. The second-order valence-electron chi connectivity index (χ2n) is 8.94. The summed E-state index contributed by atoms with van der Waals surface area (Å²) in [6.45, 7) is 12.9. The van der Waals surface area contributed by atoms with Gasteiger partial charge in [-0.3, -0.25) is 9.59 Å². The van der Waals surface area contributed by atoms with Gasteiger partial charge in [0.05, 0.1) is 24.3 Å². The van der Waals surface area contributed by atoms with E-state index >= 15 is 0 Å². The fourth-order valence-corrected chi connectivity index (χ4v) is 3.51. The summed E-state index contributed by atoms with van der Waals surface area (Å²) in [5.74, 6) is -0.157. The molecule has 0 aromatic rings. The van der Waals surface area contributed by atoms with E-state index in [-0.39, 0.29) is 17.8 Å². The molecule has 1 aliphatic carbocycles. The molecule has 0 aromatic heterocycles. The fraction of sp³-hybridized carbons (Fsp3) is 0.783. The molecule has 0 radical (unpaired) electrons. The molecule has 7 nitrogen and oxygen atoms in total. The topological polar surface area (TPSA) is 93.7 Å². The smallest absolute Gasteiger partial charge is 0.407 e. The molecule has 7 heteroatoms. The maximum absolute atomic E-state index is 12.8. The Bertz CT molecular complexity index is 620. The van der Waals surface area contributed by atoms with Crippen LogP contribution in [0.3, 0.4) is 0 Å². The first-order chi connectivity index (χ1) is 14.0. The molecule has 0 heterocycles. The SMILES string of the molecule is CCCCC(=O)C1=C[C@@H](OC(CC)CC)[C@H](NC(C)=O)[C@@H](NC(=O)OC(C)(C)C)C1. The number of rotatable bonds is 10. The first-order valence-electron chi connectivity index (χ1n) is 11.2. The highest BCUT2D eigenvalue weighted by Crippen LogP contribution is 2.26. The molecule has 1 aliphatic rings. The number of unbranched alkanes of at least 4 members (excludes halogenated alkanes) is 1. The van der Waals surface area contributed by atoms with Crippen molar-refractivity contribution in [3.8, 4) is 0 Å². The highest BCUT2D eigenvalue weighted by Gasteiger charge is 2.38. The normalized spacial score (nSPS) is 21.7. The second-order valence-corrected chi connectivity index (χ2v) is 8.94. The van der Waals surface area contributed by atoms with E-state index in [0.717, 1.165) is 25.7 Å². The molecule has 0 saturated carbocycles. The summed E-state index contributed by atoms with van der Waals surface area (Å²) in [4.78, 5) is 37.1. The zero-order valence-electron chi connectivity index (χ0n) is 19.7. The number of alkyl carbamates (subject to hydrolysis) is 1. The van der Waals surface area contributed by atoms with Gasteiger partial charge in [-0.15, -0.1) is 0 Å². The lowest BCUT2D eigenvalue weighted by molar-refractivity contribution is -0.121. The Hall–Kier alpha value is -1.89. The van der Waals surface area contributed by atoms with E-state index in [1.165, 1.54) is 6.92 Å². The van der Waals surface area contributed by atoms with Gasteiger partial charge < -0.3 is 20.1 Å². The summed E-state index contributed by atoms with van der Waals surface area (Å²) in [6, 6.07) is -0.993. The molecule has 2 amide bonds. The Morgan fingerprint density at radius 2 is 1.77 bits per heavy atom. The van der Waals surface area contributed by atoms with Gasteiger partial charge in [-0.2, -0.15) is 0 Å². The molecule has 30 heavy (non-hydrogen) atoms. The fourth-order valence-electron chi connectivity index (χ4n) is 3.51. The monoisotopic (exact) mass is 424 g/mol. The van der Waals surface area contributed by atoms with E-state index in [1.54, 1.807) is 20.8 Å². The first-order valence-corrected chi connectivity index (χ1v) is 11.2. The number of hydrogen-bond acceptors (Lipinski definition) is 5. The minimum absolute atomic E-state index is 0.00483. The molecule has 0 spiro atoms. The van der Waals surface area contributed by atoms with Crippen LogP contribution < -0.4 is 10.6 Å². The number of ketones is 1. The molecule has 0 fully saturated rings. The van der Waals surface area contributed by atoms with Gasteiger partial charge in [0.15, 0.2) is 5.78 Å². The number of nitrogens with one attached hydrogen (secondary N) is 2. The molecule has 0 saturated heterocycles. The Balaban J connectivity index is 3.20. The number of carbonyl (C=O) groups excluding carboxylic acids is 3. The molecule has 0 unspecified atom stereocenters. The van der Waals surface area contributed by atoms with Crippen LogP contribution in [0.1, 0.15) is 87.0 Å². The van der Waals surface area contributed by atoms with Crippen molar-refractivity contribution in [2.45, 2.75) is 117 Å². The number of carbonyl (C=O) groups is 3. The van der Waals surface area contributed by atoms with Crippen molar-refractivity contribution >= 4 is 17.8 Å². The van der Waals surface area contributed by atoms with Crippen molar-refractivity contribution in [2.24, 2.45) is 0 Å². The van der Waals surface area contributed by atoms with Gasteiger partial charge in [0.1, 0.15) is 5.60 Å². The molecule has 172 valence electrons. The standard InChI is InChI=1S/C23H40N2O5/c1-8-11-12-19(27)16-13-18(25-22(28)30-23(5,6)7)21(24-15(4)26)20(14-16)29-17(9-2)10-3/h14,17-18,20-21H,8-13H2,1-7H3,(H,24,26)(H,25,28)/t18-,20+,21+/m0/s1. The van der Waals surface area contributed by atoms with Gasteiger partial charge in [-0.1, -0.05) is 27.2 Å². The van der Waals surface area contributed by atoms with Gasteiger partial charge in [0, 0.05) is 13.3 Å². The van der Waals surface area contributed by atoms with Gasteiger partial charge in [-0.25, -0.2) is 4.79 Å². The molecule has 0 aliphatic heterocycles. The predicted octanol–water partition coefficient (Wildman–Crippen LogP) is 4.05. The molecule has 1 rings (SSSR count). The highest BCUT2D eigenvalue weighted by molar-refractivity contribution is 5.95. The summed E-state index contributed by atoms with van der Waals surface area (Å²) >= 11 is 0. The van der Waals surface area contributed by atoms with Crippen LogP contribution in [0.15, 0.2) is 11.6 Å². The van der Waals surface area contributed by atoms with Crippen molar-refractivity contribution in [2.75, 3.05) is 0 Å². The van der Waals surface area contributed by atoms with Crippen LogP contribution in [-0.2, 0) is 19.1 Å². The molecule has 0 aromatic carbocycles. The van der Waals surface area contributed by atoms with Crippen molar-refractivity contribution in [3.05, 3.63) is 11.6 Å². The van der Waals surface area contributed by atoms with Crippen LogP contribution in [-0.4, -0.2) is 47.7 Å². The van der Waals surface area contributed by atoms with Crippen molar-refractivity contribution in [1.29, 1.82) is 0 Å². The van der Waals surface area contributed by atoms with Crippen molar-refractivity contribution < 1.29 is 23.9 Å². The van der Waals surface area contributed by atoms with Crippen molar-refractivity contribution in [3.63, 3.8) is 0 Å². The second kappa shape index (κ2) is 12.1. The lowest BCUT2D eigenvalue weighted by Gasteiger charge is -2.39. The number of hydrogen-bond donors (Lipinski definition) is 2. The Kier molecular flexibility index (Phi) is 10.5. The average molecular weight is 425 g/mol.